The lowest BCUT2D eigenvalue weighted by molar-refractivity contribution is -0.152. The van der Waals surface area contributed by atoms with Gasteiger partial charge in [0.25, 0.3) is 0 Å². The molecule has 0 bridgehead atoms. The third-order valence-electron chi connectivity index (χ3n) is 5.43. The van der Waals surface area contributed by atoms with Gasteiger partial charge in [0.2, 0.25) is 0 Å². The number of carbonyl (C=O) groups excluding carboxylic acids is 3. The summed E-state index contributed by atoms with van der Waals surface area (Å²) in [5, 5.41) is 5.93. The summed E-state index contributed by atoms with van der Waals surface area (Å²) >= 11 is 1.36. The molecule has 1 unspecified atom stereocenters. The minimum Gasteiger partial charge on any atom is -0.469 e. The molecule has 11 nitrogen and oxygen atoms in total. The topological polar surface area (TPSA) is 145 Å². The molecule has 0 aliphatic carbocycles. The number of benzene rings is 1. The first-order chi connectivity index (χ1) is 18.4. The Labute approximate surface area is 222 Å². The lowest BCUT2D eigenvalue weighted by Crippen LogP contribution is -2.28. The molecule has 1 aromatic carbocycles. The van der Waals surface area contributed by atoms with Crippen molar-refractivity contribution in [2.75, 3.05) is 19.0 Å². The Balaban J connectivity index is 1.60. The molecule has 3 heterocycles. The fraction of sp³-hybridized carbons (Fsp3) is 0.269. The average molecular weight is 535 g/mol. The predicted octanol–water partition coefficient (Wildman–Crippen LogP) is 4.51. The van der Waals surface area contributed by atoms with Crippen LogP contribution in [-0.2, 0) is 19.1 Å². The summed E-state index contributed by atoms with van der Waals surface area (Å²) < 4.78 is 10.8. The number of aromatic nitrogens is 4. The zero-order valence-corrected chi connectivity index (χ0v) is 21.9. The van der Waals surface area contributed by atoms with E-state index in [0.29, 0.717) is 23.0 Å². The van der Waals surface area contributed by atoms with E-state index in [1.807, 2.05) is 37.3 Å². The number of nitrogens with one attached hydrogen (secondary N) is 2. The predicted molar refractivity (Wildman–Crippen MR) is 142 cm³/mol. The van der Waals surface area contributed by atoms with Crippen LogP contribution < -0.4 is 10.6 Å². The number of methoxy groups -OCH3 is 1. The molecule has 1 atom stereocenters. The van der Waals surface area contributed by atoms with E-state index in [-0.39, 0.29) is 18.9 Å². The van der Waals surface area contributed by atoms with Gasteiger partial charge in [-0.05, 0) is 43.7 Å². The number of rotatable bonds is 9. The summed E-state index contributed by atoms with van der Waals surface area (Å²) in [6.07, 6.45) is 4.17. The van der Waals surface area contributed by atoms with Gasteiger partial charge in [-0.2, -0.15) is 0 Å². The Morgan fingerprint density at radius 3 is 2.47 bits per heavy atom. The van der Waals surface area contributed by atoms with E-state index < -0.39 is 18.0 Å². The second kappa shape index (κ2) is 12.2. The van der Waals surface area contributed by atoms with E-state index in [0.717, 1.165) is 27.1 Å². The van der Waals surface area contributed by atoms with Gasteiger partial charge >= 0.3 is 18.0 Å². The van der Waals surface area contributed by atoms with Crippen molar-refractivity contribution in [1.82, 2.24) is 25.3 Å². The fourth-order valence-electron chi connectivity index (χ4n) is 3.58. The van der Waals surface area contributed by atoms with Gasteiger partial charge in [0.1, 0.15) is 0 Å². The van der Waals surface area contributed by atoms with Crippen LogP contribution in [0, 0.1) is 0 Å². The smallest absolute Gasteiger partial charge is 0.321 e. The van der Waals surface area contributed by atoms with Crippen molar-refractivity contribution >= 4 is 44.7 Å². The lowest BCUT2D eigenvalue weighted by Gasteiger charge is -2.12. The molecule has 4 aromatic rings. The standard InChI is InChI=1S/C26H26N6O5S/c1-4-27-25(35)32-26-31-20-12-16(11-18(23(20)38-26)19-7-5-6-10-28-19)17-13-29-24(30-14-17)15(2)37-22(34)9-8-21(33)36-3/h5-7,10-15H,4,8-9H2,1-3H3,(H2,27,31,32,35). The Kier molecular flexibility index (Phi) is 8.54. The number of thiazole rings is 1. The molecule has 0 radical (unpaired) electrons. The molecule has 0 saturated carbocycles. The van der Waals surface area contributed by atoms with Gasteiger partial charge in [-0.15, -0.1) is 0 Å². The molecule has 38 heavy (non-hydrogen) atoms. The number of urea groups is 1. The van der Waals surface area contributed by atoms with Crippen LogP contribution in [-0.4, -0.2) is 51.6 Å². The van der Waals surface area contributed by atoms with Gasteiger partial charge in [0, 0.05) is 36.3 Å². The number of esters is 2. The third-order valence-corrected chi connectivity index (χ3v) is 6.45. The number of amides is 2. The van der Waals surface area contributed by atoms with Crippen molar-refractivity contribution in [1.29, 1.82) is 0 Å². The minimum atomic E-state index is -0.692. The monoisotopic (exact) mass is 534 g/mol. The maximum Gasteiger partial charge on any atom is 0.321 e. The Morgan fingerprint density at radius 2 is 1.79 bits per heavy atom. The molecule has 2 amide bonds. The Bertz CT molecular complexity index is 1440. The van der Waals surface area contributed by atoms with Crippen LogP contribution in [0.25, 0.3) is 32.6 Å². The largest absolute Gasteiger partial charge is 0.469 e. The number of anilines is 1. The van der Waals surface area contributed by atoms with Gasteiger partial charge < -0.3 is 14.8 Å². The summed E-state index contributed by atoms with van der Waals surface area (Å²) in [5.41, 5.74) is 3.84. The molecule has 0 aliphatic rings. The van der Waals surface area contributed by atoms with E-state index in [1.165, 1.54) is 18.4 Å². The second-order valence-electron chi connectivity index (χ2n) is 8.13. The van der Waals surface area contributed by atoms with Crippen LogP contribution in [0.5, 0.6) is 0 Å². The van der Waals surface area contributed by atoms with Gasteiger partial charge in [-0.25, -0.2) is 19.7 Å². The SMILES string of the molecule is CCNC(=O)Nc1nc2cc(-c3cnc(C(C)OC(=O)CCC(=O)OC)nc3)cc(-c3ccccn3)c2s1. The van der Waals surface area contributed by atoms with E-state index in [4.69, 9.17) is 4.74 Å². The number of hydrogen-bond donors (Lipinski definition) is 2. The van der Waals surface area contributed by atoms with Crippen molar-refractivity contribution in [2.24, 2.45) is 0 Å². The third kappa shape index (κ3) is 6.45. The van der Waals surface area contributed by atoms with E-state index in [1.54, 1.807) is 25.5 Å². The van der Waals surface area contributed by atoms with Crippen LogP contribution in [0.3, 0.4) is 0 Å². The maximum atomic E-state index is 12.0. The summed E-state index contributed by atoms with van der Waals surface area (Å²) in [7, 11) is 1.26. The van der Waals surface area contributed by atoms with E-state index >= 15 is 0 Å². The fourth-order valence-corrected chi connectivity index (χ4v) is 4.54. The second-order valence-corrected chi connectivity index (χ2v) is 9.13. The molecule has 0 saturated heterocycles. The molecule has 3 aromatic heterocycles. The Hall–Kier alpha value is -4.45. The first kappa shape index (κ1) is 26.6. The minimum absolute atomic E-state index is 0.0555. The van der Waals surface area contributed by atoms with Crippen LogP contribution in [0.1, 0.15) is 38.6 Å². The first-order valence-electron chi connectivity index (χ1n) is 11.9. The molecule has 0 aliphatic heterocycles. The molecule has 4 rings (SSSR count). The van der Waals surface area contributed by atoms with Gasteiger partial charge in [-0.1, -0.05) is 17.4 Å². The number of ether oxygens (including phenoxy) is 2. The van der Waals surface area contributed by atoms with E-state index in [9.17, 15) is 14.4 Å². The highest BCUT2D eigenvalue weighted by molar-refractivity contribution is 7.22. The first-order valence-corrected chi connectivity index (χ1v) is 12.7. The summed E-state index contributed by atoms with van der Waals surface area (Å²) in [5.74, 6) is -0.695. The maximum absolute atomic E-state index is 12.0. The molecule has 12 heteroatoms. The van der Waals surface area contributed by atoms with Crippen LogP contribution >= 0.6 is 11.3 Å². The number of carbonyl (C=O) groups is 3. The normalized spacial score (nSPS) is 11.6. The molecular weight excluding hydrogens is 508 g/mol. The molecule has 0 fully saturated rings. The van der Waals surface area contributed by atoms with Crippen molar-refractivity contribution in [3.63, 3.8) is 0 Å². The van der Waals surface area contributed by atoms with Gasteiger partial charge in [0.15, 0.2) is 17.1 Å². The van der Waals surface area contributed by atoms with Crippen LogP contribution in [0.15, 0.2) is 48.9 Å². The van der Waals surface area contributed by atoms with Crippen molar-refractivity contribution < 1.29 is 23.9 Å². The summed E-state index contributed by atoms with van der Waals surface area (Å²) in [6.45, 7) is 4.00. The quantitative estimate of drug-likeness (QED) is 0.296. The van der Waals surface area contributed by atoms with E-state index in [2.05, 4.69) is 35.3 Å². The van der Waals surface area contributed by atoms with Crippen molar-refractivity contribution in [3.05, 3.63) is 54.7 Å². The zero-order valence-electron chi connectivity index (χ0n) is 21.1. The number of nitrogens with zero attached hydrogens (tertiary/aromatic N) is 4. The van der Waals surface area contributed by atoms with Crippen molar-refractivity contribution in [2.45, 2.75) is 32.8 Å². The number of fused-ring (bicyclic) bond motifs is 1. The summed E-state index contributed by atoms with van der Waals surface area (Å²) in [4.78, 5) is 53.2. The molecule has 196 valence electrons. The highest BCUT2D eigenvalue weighted by Gasteiger charge is 2.18. The number of hydrogen-bond acceptors (Lipinski definition) is 10. The molecule has 0 spiro atoms. The zero-order chi connectivity index (χ0) is 27.1. The molecule has 2 N–H and O–H groups in total. The van der Waals surface area contributed by atoms with Crippen LogP contribution in [0.4, 0.5) is 9.93 Å². The number of pyridine rings is 1. The lowest BCUT2D eigenvalue weighted by atomic mass is 10.0. The molecular formula is C26H26N6O5S. The highest BCUT2D eigenvalue weighted by Crippen LogP contribution is 2.38. The van der Waals surface area contributed by atoms with Gasteiger partial charge in [0.05, 0.1) is 35.9 Å². The Morgan fingerprint density at radius 1 is 1.03 bits per heavy atom. The van der Waals surface area contributed by atoms with Crippen molar-refractivity contribution in [3.8, 4) is 22.4 Å². The average Bonchev–Trinajstić information content (AvgIpc) is 3.34. The van der Waals surface area contributed by atoms with Crippen LogP contribution in [0.2, 0.25) is 0 Å². The van der Waals surface area contributed by atoms with Gasteiger partial charge in [-0.3, -0.25) is 19.9 Å². The summed E-state index contributed by atoms with van der Waals surface area (Å²) in [6, 6.07) is 9.21. The highest BCUT2D eigenvalue weighted by atomic mass is 32.1.